The molecule has 1 N–H and O–H groups in total. The summed E-state index contributed by atoms with van der Waals surface area (Å²) in [7, 11) is 0. The molecule has 3 rings (SSSR count). The van der Waals surface area contributed by atoms with E-state index >= 15 is 0 Å². The van der Waals surface area contributed by atoms with Crippen molar-refractivity contribution in [2.45, 2.75) is 51.1 Å². The van der Waals surface area contributed by atoms with E-state index in [1.807, 2.05) is 6.92 Å². The molecule has 0 aliphatic carbocycles. The van der Waals surface area contributed by atoms with Crippen molar-refractivity contribution < 1.29 is 0 Å². The summed E-state index contributed by atoms with van der Waals surface area (Å²) in [5, 5.41) is 0.643. The fraction of sp³-hybridized carbons (Fsp3) is 0.273. The molecule has 0 radical (unpaired) electrons. The van der Waals surface area contributed by atoms with Crippen LogP contribution >= 0.6 is 11.8 Å². The summed E-state index contributed by atoms with van der Waals surface area (Å²) in [5.41, 5.74) is 7.52. The van der Waals surface area contributed by atoms with Gasteiger partial charge in [0.2, 0.25) is 0 Å². The summed E-state index contributed by atoms with van der Waals surface area (Å²) in [5.74, 6) is 0. The lowest BCUT2D eigenvalue weighted by Gasteiger charge is -2.10. The molecule has 134 valence electrons. The molecule has 3 nitrogen and oxygen atoms in total. The first-order valence-electron chi connectivity index (χ1n) is 8.73. The number of aryl methyl sites for hydroxylation is 4. The maximum atomic E-state index is 12.4. The second kappa shape index (κ2) is 7.50. The first kappa shape index (κ1) is 18.5. The monoisotopic (exact) mass is 364 g/mol. The molecular weight excluding hydrogens is 340 g/mol. The Hall–Kier alpha value is -2.33. The zero-order chi connectivity index (χ0) is 18.8. The van der Waals surface area contributed by atoms with Gasteiger partial charge in [-0.15, -0.1) is 0 Å². The lowest BCUT2D eigenvalue weighted by Crippen LogP contribution is -2.16. The average molecular weight is 365 g/mol. The van der Waals surface area contributed by atoms with Crippen LogP contribution in [0.15, 0.2) is 51.2 Å². The first-order chi connectivity index (χ1) is 12.3. The van der Waals surface area contributed by atoms with Gasteiger partial charge in [-0.25, -0.2) is 4.98 Å². The van der Waals surface area contributed by atoms with Gasteiger partial charge < -0.3 is 4.98 Å². The smallest absolute Gasteiger partial charge is 0.254 e. The third-order valence-electron chi connectivity index (χ3n) is 4.29. The molecule has 3 aromatic rings. The molecule has 0 spiro atoms. The highest BCUT2D eigenvalue weighted by molar-refractivity contribution is 7.99. The van der Waals surface area contributed by atoms with Crippen LogP contribution in [0, 0.1) is 34.6 Å². The van der Waals surface area contributed by atoms with Crippen molar-refractivity contribution in [3.05, 3.63) is 85.8 Å². The number of aromatic nitrogens is 2. The number of nitrogens with one attached hydrogen (secondary N) is 1. The minimum atomic E-state index is -0.0637. The quantitative estimate of drug-likeness (QED) is 0.659. The first-order valence-corrected chi connectivity index (χ1v) is 9.55. The summed E-state index contributed by atoms with van der Waals surface area (Å²) in [6.07, 6.45) is 0.665. The van der Waals surface area contributed by atoms with Gasteiger partial charge in [-0.2, -0.15) is 0 Å². The second-order valence-electron chi connectivity index (χ2n) is 7.04. The van der Waals surface area contributed by atoms with E-state index in [4.69, 9.17) is 4.98 Å². The maximum absolute atomic E-state index is 12.4. The predicted molar refractivity (Wildman–Crippen MR) is 108 cm³/mol. The molecule has 1 aromatic heterocycles. The minimum absolute atomic E-state index is 0.0637. The van der Waals surface area contributed by atoms with E-state index in [0.29, 0.717) is 17.1 Å². The Morgan fingerprint density at radius 1 is 0.846 bits per heavy atom. The highest BCUT2D eigenvalue weighted by Crippen LogP contribution is 2.26. The van der Waals surface area contributed by atoms with Crippen LogP contribution in [0.1, 0.15) is 39.1 Å². The third kappa shape index (κ3) is 4.44. The van der Waals surface area contributed by atoms with Crippen molar-refractivity contribution in [2.24, 2.45) is 0 Å². The summed E-state index contributed by atoms with van der Waals surface area (Å²) in [6, 6.07) is 12.8. The van der Waals surface area contributed by atoms with Gasteiger partial charge in [0.05, 0.1) is 5.69 Å². The van der Waals surface area contributed by atoms with E-state index in [0.717, 1.165) is 10.6 Å². The highest BCUT2D eigenvalue weighted by atomic mass is 32.2. The van der Waals surface area contributed by atoms with Crippen LogP contribution in [0.5, 0.6) is 0 Å². The van der Waals surface area contributed by atoms with E-state index in [1.165, 1.54) is 39.6 Å². The van der Waals surface area contributed by atoms with Gasteiger partial charge in [0, 0.05) is 16.9 Å². The SMILES string of the molecule is Cc1cc(C)cc(Cc2nc(Sc3cc(C)cc(C)c3)[nH]c(=O)c2C)c1. The number of benzene rings is 2. The highest BCUT2D eigenvalue weighted by Gasteiger charge is 2.11. The van der Waals surface area contributed by atoms with Crippen molar-refractivity contribution in [3.63, 3.8) is 0 Å². The number of nitrogens with zero attached hydrogens (tertiary/aromatic N) is 1. The Morgan fingerprint density at radius 3 is 1.96 bits per heavy atom. The van der Waals surface area contributed by atoms with E-state index in [-0.39, 0.29) is 5.56 Å². The maximum Gasteiger partial charge on any atom is 0.254 e. The molecule has 2 aromatic carbocycles. The van der Waals surface area contributed by atoms with Crippen LogP contribution in [0.2, 0.25) is 0 Å². The third-order valence-corrected chi connectivity index (χ3v) is 5.15. The van der Waals surface area contributed by atoms with E-state index in [9.17, 15) is 4.79 Å². The molecule has 0 fully saturated rings. The Labute approximate surface area is 158 Å². The largest absolute Gasteiger partial charge is 0.301 e. The van der Waals surface area contributed by atoms with Gasteiger partial charge in [0.1, 0.15) is 0 Å². The van der Waals surface area contributed by atoms with Gasteiger partial charge in [0.15, 0.2) is 5.16 Å². The molecule has 0 bridgehead atoms. The number of H-pyrrole nitrogens is 1. The van der Waals surface area contributed by atoms with Crippen molar-refractivity contribution in [1.82, 2.24) is 9.97 Å². The molecule has 26 heavy (non-hydrogen) atoms. The van der Waals surface area contributed by atoms with Gasteiger partial charge in [-0.05, 0) is 63.4 Å². The Morgan fingerprint density at radius 2 is 1.38 bits per heavy atom. The molecule has 0 atom stereocenters. The lowest BCUT2D eigenvalue weighted by molar-refractivity contribution is 0.857. The zero-order valence-corrected chi connectivity index (χ0v) is 16.8. The molecule has 4 heteroatoms. The van der Waals surface area contributed by atoms with Crippen LogP contribution in [0.3, 0.4) is 0 Å². The molecule has 0 saturated heterocycles. The summed E-state index contributed by atoms with van der Waals surface area (Å²) >= 11 is 1.50. The molecule has 0 unspecified atom stereocenters. The normalized spacial score (nSPS) is 11.0. The number of rotatable bonds is 4. The molecule has 1 heterocycles. The fourth-order valence-electron chi connectivity index (χ4n) is 3.24. The molecule has 0 aliphatic heterocycles. The zero-order valence-electron chi connectivity index (χ0n) is 15.9. The van der Waals surface area contributed by atoms with Crippen LogP contribution < -0.4 is 5.56 Å². The Kier molecular flexibility index (Phi) is 5.33. The average Bonchev–Trinajstić information content (AvgIpc) is 2.50. The summed E-state index contributed by atoms with van der Waals surface area (Å²) < 4.78 is 0. The topological polar surface area (TPSA) is 45.8 Å². The lowest BCUT2D eigenvalue weighted by atomic mass is 10.0. The van der Waals surface area contributed by atoms with Gasteiger partial charge in [-0.1, -0.05) is 47.2 Å². The predicted octanol–water partition coefficient (Wildman–Crippen LogP) is 5.05. The number of aromatic amines is 1. The van der Waals surface area contributed by atoms with Crippen LogP contribution in [-0.4, -0.2) is 9.97 Å². The van der Waals surface area contributed by atoms with Gasteiger partial charge in [-0.3, -0.25) is 4.79 Å². The van der Waals surface area contributed by atoms with E-state index in [1.54, 1.807) is 0 Å². The van der Waals surface area contributed by atoms with Crippen LogP contribution in [0.25, 0.3) is 0 Å². The number of hydrogen-bond acceptors (Lipinski definition) is 3. The van der Waals surface area contributed by atoms with Crippen molar-refractivity contribution in [3.8, 4) is 0 Å². The van der Waals surface area contributed by atoms with Crippen molar-refractivity contribution >= 4 is 11.8 Å². The molecule has 0 aliphatic rings. The second-order valence-corrected chi connectivity index (χ2v) is 8.10. The van der Waals surface area contributed by atoms with Gasteiger partial charge in [0.25, 0.3) is 5.56 Å². The minimum Gasteiger partial charge on any atom is -0.301 e. The standard InChI is InChI=1S/C22H24N2OS/c1-13-6-14(2)9-18(8-13)12-20-17(5)21(25)24-22(23-20)26-19-10-15(3)7-16(4)11-19/h6-11H,12H2,1-5H3,(H,23,24,25). The Balaban J connectivity index is 1.95. The van der Waals surface area contributed by atoms with Crippen LogP contribution in [-0.2, 0) is 6.42 Å². The Bertz CT molecular complexity index is 981. The molecule has 0 amide bonds. The van der Waals surface area contributed by atoms with E-state index in [2.05, 4.69) is 69.1 Å². The number of hydrogen-bond donors (Lipinski definition) is 1. The summed E-state index contributed by atoms with van der Waals surface area (Å²) in [4.78, 5) is 21.1. The summed E-state index contributed by atoms with van der Waals surface area (Å²) in [6.45, 7) is 10.2. The van der Waals surface area contributed by atoms with E-state index < -0.39 is 0 Å². The van der Waals surface area contributed by atoms with Crippen molar-refractivity contribution in [1.29, 1.82) is 0 Å². The fourth-order valence-corrected chi connectivity index (χ4v) is 4.26. The molecule has 0 saturated carbocycles. The molecular formula is C22H24N2OS. The van der Waals surface area contributed by atoms with Gasteiger partial charge >= 0.3 is 0 Å². The van der Waals surface area contributed by atoms with Crippen LogP contribution in [0.4, 0.5) is 0 Å². The van der Waals surface area contributed by atoms with Crippen molar-refractivity contribution in [2.75, 3.05) is 0 Å².